The second-order valence-corrected chi connectivity index (χ2v) is 13.0. The Morgan fingerprint density at radius 3 is 1.70 bits per heavy atom. The van der Waals surface area contributed by atoms with Crippen molar-refractivity contribution in [3.63, 3.8) is 0 Å². The van der Waals surface area contributed by atoms with Crippen LogP contribution in [0.15, 0.2) is 91.1 Å². The Labute approximate surface area is 251 Å². The number of ether oxygens (including phenoxy) is 1. The summed E-state index contributed by atoms with van der Waals surface area (Å²) >= 11 is 0. The first-order valence-electron chi connectivity index (χ1n) is 13.6. The molecular formula is C30H36F2N2O7S2. The van der Waals surface area contributed by atoms with Gasteiger partial charge in [-0.05, 0) is 53.6 Å². The number of rotatable bonds is 12. The summed E-state index contributed by atoms with van der Waals surface area (Å²) in [5, 5.41) is 0. The molecule has 9 nitrogen and oxygen atoms in total. The Balaban J connectivity index is 0.000000436. The first kappa shape index (κ1) is 34.3. The molecule has 43 heavy (non-hydrogen) atoms. The predicted octanol–water partition coefficient (Wildman–Crippen LogP) is 4.21. The van der Waals surface area contributed by atoms with Crippen LogP contribution in [-0.2, 0) is 31.4 Å². The van der Waals surface area contributed by atoms with Crippen molar-refractivity contribution in [2.45, 2.75) is 12.5 Å². The molecule has 1 saturated heterocycles. The van der Waals surface area contributed by atoms with E-state index in [2.05, 4.69) is 46.3 Å². The quantitative estimate of drug-likeness (QED) is 0.281. The molecule has 0 aromatic heterocycles. The third-order valence-corrected chi connectivity index (χ3v) is 8.25. The van der Waals surface area contributed by atoms with Gasteiger partial charge >= 0.3 is 0 Å². The standard InChI is InChI=1S/C28H30F2N2O.C2H6O6S2/c29-26-12-8-24(9-13-26)28(25-10-14-27(30)15-11-25)33-22-21-32-19-17-31(18-20-32)16-4-7-23-5-2-1-3-6-23;3-9(4,5)1-2-10(6,7)8/h1-6,8-16,28H,7,17-22H2;1-2H2,(H,3,4,5)(H,6,7,8)/b16-4+;. The average Bonchev–Trinajstić information content (AvgIpc) is 2.97. The summed E-state index contributed by atoms with van der Waals surface area (Å²) in [5.74, 6) is -2.53. The minimum absolute atomic E-state index is 0.285. The molecule has 3 aromatic carbocycles. The average molecular weight is 639 g/mol. The lowest BCUT2D eigenvalue weighted by Crippen LogP contribution is -2.45. The summed E-state index contributed by atoms with van der Waals surface area (Å²) in [6.45, 7) is 5.31. The lowest BCUT2D eigenvalue weighted by atomic mass is 10.0. The van der Waals surface area contributed by atoms with E-state index in [1.807, 2.05) is 6.07 Å². The molecule has 3 aromatic rings. The zero-order valence-corrected chi connectivity index (χ0v) is 25.1. The molecule has 0 spiro atoms. The van der Waals surface area contributed by atoms with Crippen molar-refractivity contribution < 1.29 is 39.5 Å². The van der Waals surface area contributed by atoms with E-state index in [4.69, 9.17) is 13.8 Å². The van der Waals surface area contributed by atoms with Gasteiger partial charge in [0, 0.05) is 32.7 Å². The van der Waals surface area contributed by atoms with E-state index in [-0.39, 0.29) is 17.7 Å². The van der Waals surface area contributed by atoms with Gasteiger partial charge in [-0.25, -0.2) is 8.78 Å². The molecular weight excluding hydrogens is 602 g/mol. The van der Waals surface area contributed by atoms with E-state index in [0.29, 0.717) is 6.61 Å². The van der Waals surface area contributed by atoms with Crippen LogP contribution in [0.2, 0.25) is 0 Å². The predicted molar refractivity (Wildman–Crippen MR) is 161 cm³/mol. The Hall–Kier alpha value is -3.20. The lowest BCUT2D eigenvalue weighted by Gasteiger charge is -2.34. The number of benzene rings is 3. The molecule has 1 fully saturated rings. The van der Waals surface area contributed by atoms with Crippen LogP contribution in [0, 0.1) is 11.6 Å². The Kier molecular flexibility index (Phi) is 13.2. The maximum Gasteiger partial charge on any atom is 0.265 e. The molecule has 1 aliphatic rings. The van der Waals surface area contributed by atoms with Crippen molar-refractivity contribution in [1.29, 1.82) is 0 Å². The van der Waals surface area contributed by atoms with Crippen molar-refractivity contribution in [1.82, 2.24) is 9.80 Å². The third-order valence-electron chi connectivity index (χ3n) is 6.56. The second kappa shape index (κ2) is 16.6. The fraction of sp³-hybridized carbons (Fsp3) is 0.333. The molecule has 0 radical (unpaired) electrons. The van der Waals surface area contributed by atoms with Gasteiger partial charge in [-0.1, -0.05) is 60.7 Å². The van der Waals surface area contributed by atoms with Gasteiger partial charge in [-0.2, -0.15) is 16.8 Å². The summed E-state index contributed by atoms with van der Waals surface area (Å²) in [7, 11) is -8.59. The molecule has 4 rings (SSSR count). The molecule has 2 N–H and O–H groups in total. The van der Waals surface area contributed by atoms with Crippen LogP contribution in [0.3, 0.4) is 0 Å². The van der Waals surface area contributed by atoms with Gasteiger partial charge < -0.3 is 9.64 Å². The van der Waals surface area contributed by atoms with Gasteiger partial charge in [-0.15, -0.1) is 0 Å². The summed E-state index contributed by atoms with van der Waals surface area (Å²) in [6.07, 6.45) is 5.03. The molecule has 1 heterocycles. The van der Waals surface area contributed by atoms with E-state index in [1.165, 1.54) is 29.8 Å². The number of piperazine rings is 1. The van der Waals surface area contributed by atoms with E-state index >= 15 is 0 Å². The highest BCUT2D eigenvalue weighted by Crippen LogP contribution is 2.26. The zero-order chi connectivity index (χ0) is 31.3. The molecule has 0 aliphatic carbocycles. The number of allylic oxidation sites excluding steroid dienone is 1. The number of hydrogen-bond acceptors (Lipinski definition) is 7. The van der Waals surface area contributed by atoms with Crippen LogP contribution in [0.1, 0.15) is 22.8 Å². The third kappa shape index (κ3) is 13.8. The normalized spacial score (nSPS) is 14.6. The van der Waals surface area contributed by atoms with Crippen LogP contribution < -0.4 is 0 Å². The number of nitrogens with zero attached hydrogens (tertiary/aromatic N) is 2. The van der Waals surface area contributed by atoms with Gasteiger partial charge in [-0.3, -0.25) is 14.0 Å². The van der Waals surface area contributed by atoms with Crippen LogP contribution in [-0.4, -0.2) is 86.6 Å². The Morgan fingerprint density at radius 2 is 1.23 bits per heavy atom. The molecule has 1 aliphatic heterocycles. The Morgan fingerprint density at radius 1 is 0.744 bits per heavy atom. The second-order valence-electron chi connectivity index (χ2n) is 9.88. The van der Waals surface area contributed by atoms with Gasteiger partial charge in [0.1, 0.15) is 17.7 Å². The topological polar surface area (TPSA) is 124 Å². The van der Waals surface area contributed by atoms with E-state index < -0.39 is 31.7 Å². The summed E-state index contributed by atoms with van der Waals surface area (Å²) in [5.41, 5.74) is 3.04. The molecule has 13 heteroatoms. The summed E-state index contributed by atoms with van der Waals surface area (Å²) < 4.78 is 88.4. The molecule has 0 amide bonds. The maximum absolute atomic E-state index is 13.4. The number of halogens is 2. The molecule has 234 valence electrons. The summed E-state index contributed by atoms with van der Waals surface area (Å²) in [4.78, 5) is 4.76. The minimum Gasteiger partial charge on any atom is -0.375 e. The van der Waals surface area contributed by atoms with Crippen molar-refractivity contribution in [3.05, 3.63) is 119 Å². The van der Waals surface area contributed by atoms with Gasteiger partial charge in [0.2, 0.25) is 0 Å². The monoisotopic (exact) mass is 638 g/mol. The molecule has 0 saturated carbocycles. The van der Waals surface area contributed by atoms with Crippen LogP contribution in [0.25, 0.3) is 0 Å². The van der Waals surface area contributed by atoms with Crippen molar-refractivity contribution in [2.75, 3.05) is 50.8 Å². The SMILES string of the molecule is Fc1ccc(C(OCCN2CCN(/C=C/Cc3ccccc3)CC2)c2ccc(F)cc2)cc1.O=S(=O)(O)CCS(=O)(=O)O. The molecule has 0 unspecified atom stereocenters. The van der Waals surface area contributed by atoms with Gasteiger partial charge in [0.15, 0.2) is 0 Å². The highest BCUT2D eigenvalue weighted by atomic mass is 32.2. The van der Waals surface area contributed by atoms with Crippen molar-refractivity contribution in [2.24, 2.45) is 0 Å². The van der Waals surface area contributed by atoms with Crippen LogP contribution in [0.4, 0.5) is 8.78 Å². The maximum atomic E-state index is 13.4. The fourth-order valence-electron chi connectivity index (χ4n) is 4.26. The fourth-order valence-corrected chi connectivity index (χ4v) is 5.94. The molecule has 0 atom stereocenters. The van der Waals surface area contributed by atoms with E-state index in [9.17, 15) is 25.6 Å². The zero-order valence-electron chi connectivity index (χ0n) is 23.5. The number of hydrogen-bond donors (Lipinski definition) is 2. The van der Waals surface area contributed by atoms with Gasteiger partial charge in [0.05, 0.1) is 18.1 Å². The van der Waals surface area contributed by atoms with Crippen molar-refractivity contribution in [3.8, 4) is 0 Å². The lowest BCUT2D eigenvalue weighted by molar-refractivity contribution is 0.0502. The van der Waals surface area contributed by atoms with Gasteiger partial charge in [0.25, 0.3) is 20.2 Å². The highest BCUT2D eigenvalue weighted by molar-refractivity contribution is 7.89. The molecule has 0 bridgehead atoms. The summed E-state index contributed by atoms with van der Waals surface area (Å²) in [6, 6.07) is 23.1. The largest absolute Gasteiger partial charge is 0.375 e. The first-order chi connectivity index (χ1) is 20.4. The first-order valence-corrected chi connectivity index (χ1v) is 16.8. The Bertz CT molecular complexity index is 1420. The van der Waals surface area contributed by atoms with E-state index in [1.54, 1.807) is 24.3 Å². The van der Waals surface area contributed by atoms with Crippen molar-refractivity contribution >= 4 is 20.2 Å². The van der Waals surface area contributed by atoms with E-state index in [0.717, 1.165) is 50.3 Å². The smallest absolute Gasteiger partial charge is 0.265 e. The highest BCUT2D eigenvalue weighted by Gasteiger charge is 2.18. The minimum atomic E-state index is -4.30. The van der Waals surface area contributed by atoms with Crippen LogP contribution in [0.5, 0.6) is 0 Å². The van der Waals surface area contributed by atoms with Crippen LogP contribution >= 0.6 is 0 Å².